The highest BCUT2D eigenvalue weighted by molar-refractivity contribution is 5.82. The molecule has 2 unspecified atom stereocenters. The molecule has 0 aromatic rings. The highest BCUT2D eigenvalue weighted by Gasteiger charge is 2.47. The van der Waals surface area contributed by atoms with Crippen molar-refractivity contribution in [2.75, 3.05) is 13.1 Å². The van der Waals surface area contributed by atoms with Crippen LogP contribution in [0.1, 0.15) is 57.8 Å². The fourth-order valence-electron chi connectivity index (χ4n) is 6.33. The molecule has 25 heavy (non-hydrogen) atoms. The number of carbonyl (C=O) groups is 1. The van der Waals surface area contributed by atoms with Gasteiger partial charge in [0.2, 0.25) is 5.91 Å². The van der Waals surface area contributed by atoms with Gasteiger partial charge in [0.25, 0.3) is 0 Å². The normalized spacial score (nSPS) is 40.7. The van der Waals surface area contributed by atoms with Crippen LogP contribution in [0.5, 0.6) is 0 Å². The standard InChI is InChI=1S/C20H32N4O/c21-12-17-3-1-2-6-24(17)20(25)18(22)4-5-23-19-15-8-13-7-14(10-15)11-16(19)9-13/h13-19,23H,1-11,22H2. The number of amides is 1. The monoisotopic (exact) mass is 344 g/mol. The maximum Gasteiger partial charge on any atom is 0.240 e. The lowest BCUT2D eigenvalue weighted by Gasteiger charge is -2.54. The largest absolute Gasteiger partial charge is 0.325 e. The lowest BCUT2D eigenvalue weighted by atomic mass is 9.54. The molecule has 0 aromatic carbocycles. The van der Waals surface area contributed by atoms with Crippen LogP contribution in [-0.4, -0.2) is 42.0 Å². The molecule has 0 aromatic heterocycles. The van der Waals surface area contributed by atoms with E-state index in [1.54, 1.807) is 4.90 Å². The van der Waals surface area contributed by atoms with Crippen LogP contribution < -0.4 is 11.1 Å². The summed E-state index contributed by atoms with van der Waals surface area (Å²) < 4.78 is 0. The number of nitrogens with zero attached hydrogens (tertiary/aromatic N) is 2. The minimum Gasteiger partial charge on any atom is -0.325 e. The van der Waals surface area contributed by atoms with E-state index in [0.717, 1.165) is 49.5 Å². The van der Waals surface area contributed by atoms with E-state index in [4.69, 9.17) is 5.73 Å². The van der Waals surface area contributed by atoms with Gasteiger partial charge in [0.05, 0.1) is 12.1 Å². The van der Waals surface area contributed by atoms with Crippen LogP contribution in [0, 0.1) is 35.0 Å². The molecule has 4 aliphatic carbocycles. The predicted octanol–water partition coefficient (Wildman–Crippen LogP) is 2.02. The van der Waals surface area contributed by atoms with Crippen LogP contribution in [0.2, 0.25) is 0 Å². The summed E-state index contributed by atoms with van der Waals surface area (Å²) in [5.74, 6) is 3.66. The van der Waals surface area contributed by atoms with E-state index in [-0.39, 0.29) is 11.9 Å². The van der Waals surface area contributed by atoms with Crippen molar-refractivity contribution in [2.45, 2.75) is 75.9 Å². The minimum atomic E-state index is -0.474. The first-order chi connectivity index (χ1) is 12.2. The number of carbonyl (C=O) groups excluding carboxylic acids is 1. The molecule has 1 saturated heterocycles. The fourth-order valence-corrected chi connectivity index (χ4v) is 6.33. The minimum absolute atomic E-state index is 0.0295. The van der Waals surface area contributed by atoms with Gasteiger partial charge in [-0.05, 0) is 88.0 Å². The van der Waals surface area contributed by atoms with E-state index in [1.807, 2.05) is 0 Å². The summed E-state index contributed by atoms with van der Waals surface area (Å²) in [6, 6.07) is 2.17. The molecule has 1 amide bonds. The number of nitrogens with one attached hydrogen (secondary N) is 1. The highest BCUT2D eigenvalue weighted by Crippen LogP contribution is 2.53. The number of nitriles is 1. The molecule has 4 bridgehead atoms. The van der Waals surface area contributed by atoms with Gasteiger partial charge in [0.15, 0.2) is 0 Å². The lowest BCUT2D eigenvalue weighted by molar-refractivity contribution is -0.135. The molecule has 4 saturated carbocycles. The molecule has 2 atom stereocenters. The predicted molar refractivity (Wildman–Crippen MR) is 96.4 cm³/mol. The van der Waals surface area contributed by atoms with Crippen molar-refractivity contribution < 1.29 is 4.79 Å². The Labute approximate surface area is 151 Å². The second-order valence-corrected chi connectivity index (χ2v) is 8.98. The van der Waals surface area contributed by atoms with Gasteiger partial charge in [-0.15, -0.1) is 0 Å². The first-order valence-corrected chi connectivity index (χ1v) is 10.3. The maximum absolute atomic E-state index is 12.6. The summed E-state index contributed by atoms with van der Waals surface area (Å²) in [5.41, 5.74) is 6.18. The van der Waals surface area contributed by atoms with Crippen molar-refractivity contribution in [1.82, 2.24) is 10.2 Å². The zero-order valence-electron chi connectivity index (χ0n) is 15.2. The molecule has 5 aliphatic rings. The Hall–Kier alpha value is -1.12. The second-order valence-electron chi connectivity index (χ2n) is 8.98. The van der Waals surface area contributed by atoms with Crippen molar-refractivity contribution in [3.63, 3.8) is 0 Å². The van der Waals surface area contributed by atoms with Crippen LogP contribution >= 0.6 is 0 Å². The van der Waals surface area contributed by atoms with Crippen molar-refractivity contribution >= 4 is 5.91 Å². The van der Waals surface area contributed by atoms with E-state index >= 15 is 0 Å². The van der Waals surface area contributed by atoms with Crippen molar-refractivity contribution in [2.24, 2.45) is 29.4 Å². The van der Waals surface area contributed by atoms with Crippen molar-refractivity contribution in [3.8, 4) is 6.07 Å². The zero-order valence-corrected chi connectivity index (χ0v) is 15.2. The van der Waals surface area contributed by atoms with Gasteiger partial charge >= 0.3 is 0 Å². The van der Waals surface area contributed by atoms with Crippen LogP contribution in [0.15, 0.2) is 0 Å². The number of nitrogens with two attached hydrogens (primary N) is 1. The van der Waals surface area contributed by atoms with Crippen LogP contribution in [0.4, 0.5) is 0 Å². The first kappa shape index (κ1) is 17.3. The summed E-state index contributed by atoms with van der Waals surface area (Å²) in [6.07, 6.45) is 10.6. The molecular weight excluding hydrogens is 312 g/mol. The zero-order chi connectivity index (χ0) is 17.4. The van der Waals surface area contributed by atoms with Crippen LogP contribution in [0.25, 0.3) is 0 Å². The summed E-state index contributed by atoms with van der Waals surface area (Å²) in [5, 5.41) is 13.0. The topological polar surface area (TPSA) is 82.2 Å². The van der Waals surface area contributed by atoms with Gasteiger partial charge in [0, 0.05) is 12.6 Å². The molecule has 5 fully saturated rings. The smallest absolute Gasteiger partial charge is 0.240 e. The van der Waals surface area contributed by atoms with E-state index < -0.39 is 6.04 Å². The van der Waals surface area contributed by atoms with E-state index in [1.165, 1.54) is 32.1 Å². The SMILES string of the molecule is N#CC1CCCCN1C(=O)C(N)CCNC1C2CC3CC(C2)CC1C3. The number of likely N-dealkylation sites (tertiary alicyclic amines) is 1. The van der Waals surface area contributed by atoms with Crippen molar-refractivity contribution in [3.05, 3.63) is 0 Å². The van der Waals surface area contributed by atoms with Gasteiger partial charge in [0.1, 0.15) is 6.04 Å². The van der Waals surface area contributed by atoms with Gasteiger partial charge < -0.3 is 16.0 Å². The number of hydrogen-bond donors (Lipinski definition) is 2. The third-order valence-corrected chi connectivity index (χ3v) is 7.31. The summed E-state index contributed by atoms with van der Waals surface area (Å²) in [4.78, 5) is 14.3. The Kier molecular flexibility index (Phi) is 5.01. The molecule has 138 valence electrons. The second kappa shape index (κ2) is 7.25. The summed E-state index contributed by atoms with van der Waals surface area (Å²) in [7, 11) is 0. The number of rotatable bonds is 5. The lowest BCUT2D eigenvalue weighted by Crippen LogP contribution is -2.55. The Morgan fingerprint density at radius 3 is 2.48 bits per heavy atom. The summed E-state index contributed by atoms with van der Waals surface area (Å²) in [6.45, 7) is 1.51. The van der Waals surface area contributed by atoms with Gasteiger partial charge in [-0.1, -0.05) is 0 Å². The number of piperidine rings is 1. The molecule has 5 heteroatoms. The van der Waals surface area contributed by atoms with Crippen LogP contribution in [-0.2, 0) is 4.79 Å². The molecule has 5 nitrogen and oxygen atoms in total. The van der Waals surface area contributed by atoms with Gasteiger partial charge in [-0.25, -0.2) is 0 Å². The van der Waals surface area contributed by atoms with E-state index in [2.05, 4.69) is 11.4 Å². The highest BCUT2D eigenvalue weighted by atomic mass is 16.2. The van der Waals surface area contributed by atoms with Gasteiger partial charge in [-0.2, -0.15) is 5.26 Å². The average molecular weight is 345 g/mol. The molecule has 1 heterocycles. The Morgan fingerprint density at radius 2 is 1.84 bits per heavy atom. The Bertz CT molecular complexity index is 514. The molecule has 0 spiro atoms. The van der Waals surface area contributed by atoms with Crippen LogP contribution in [0.3, 0.4) is 0 Å². The average Bonchev–Trinajstić information content (AvgIpc) is 2.62. The molecule has 5 rings (SSSR count). The van der Waals surface area contributed by atoms with Crippen molar-refractivity contribution in [1.29, 1.82) is 5.26 Å². The molecule has 3 N–H and O–H groups in total. The molecule has 1 aliphatic heterocycles. The third kappa shape index (κ3) is 3.44. The van der Waals surface area contributed by atoms with Gasteiger partial charge in [-0.3, -0.25) is 4.79 Å². The number of hydrogen-bond acceptors (Lipinski definition) is 4. The van der Waals surface area contributed by atoms with E-state index in [0.29, 0.717) is 19.0 Å². The Morgan fingerprint density at radius 1 is 1.16 bits per heavy atom. The fraction of sp³-hybridized carbons (Fsp3) is 0.900. The first-order valence-electron chi connectivity index (χ1n) is 10.3. The quantitative estimate of drug-likeness (QED) is 0.799. The molecule has 0 radical (unpaired) electrons. The maximum atomic E-state index is 12.6. The Balaban J connectivity index is 1.26. The van der Waals surface area contributed by atoms with E-state index in [9.17, 15) is 10.1 Å². The third-order valence-electron chi connectivity index (χ3n) is 7.31. The molecular formula is C20H32N4O. The summed E-state index contributed by atoms with van der Waals surface area (Å²) >= 11 is 0.